The number of fused-ring (bicyclic) bond motifs is 1. The highest BCUT2D eigenvalue weighted by atomic mass is 32.1. The molecule has 1 N–H and O–H groups in total. The second kappa shape index (κ2) is 6.44. The van der Waals surface area contributed by atoms with E-state index in [9.17, 15) is 5.11 Å². The van der Waals surface area contributed by atoms with Crippen LogP contribution in [0.1, 0.15) is 35.2 Å². The molecule has 1 aliphatic rings. The topological polar surface area (TPSA) is 70.0 Å². The maximum absolute atomic E-state index is 10.8. The van der Waals surface area contributed by atoms with E-state index >= 15 is 0 Å². The maximum atomic E-state index is 10.8. The standard InChI is InChI=1S/C17H23N5O2S/c1-4-20-7-9-21(10-8-20)14(13-6-5-11(2)24-13)15-16(23)22-17(25-15)18-12(3)19-22/h5-6,14,23H,4,7-10H2,1-3H3. The molecule has 1 fully saturated rings. The maximum Gasteiger partial charge on any atom is 0.230 e. The third-order valence-electron chi connectivity index (χ3n) is 4.80. The lowest BCUT2D eigenvalue weighted by Crippen LogP contribution is -2.47. The van der Waals surface area contributed by atoms with E-state index in [0.717, 1.165) is 49.1 Å². The number of nitrogens with zero attached hydrogens (tertiary/aromatic N) is 5. The molecular weight excluding hydrogens is 338 g/mol. The van der Waals surface area contributed by atoms with E-state index < -0.39 is 0 Å². The molecule has 4 rings (SSSR count). The van der Waals surface area contributed by atoms with Gasteiger partial charge in [0.2, 0.25) is 10.8 Å². The number of aromatic hydroxyl groups is 1. The van der Waals surface area contributed by atoms with Crippen molar-refractivity contribution in [2.24, 2.45) is 0 Å². The molecule has 8 heteroatoms. The van der Waals surface area contributed by atoms with Crippen molar-refractivity contribution in [2.45, 2.75) is 26.8 Å². The molecular formula is C17H23N5O2S. The van der Waals surface area contributed by atoms with Crippen molar-refractivity contribution in [2.75, 3.05) is 32.7 Å². The minimum Gasteiger partial charge on any atom is -0.492 e. The van der Waals surface area contributed by atoms with Gasteiger partial charge in [-0.25, -0.2) is 4.98 Å². The zero-order chi connectivity index (χ0) is 17.6. The van der Waals surface area contributed by atoms with E-state index in [1.54, 1.807) is 0 Å². The first-order valence-corrected chi connectivity index (χ1v) is 9.46. The highest BCUT2D eigenvalue weighted by Crippen LogP contribution is 2.40. The number of thiazole rings is 1. The van der Waals surface area contributed by atoms with Crippen LogP contribution in [0.4, 0.5) is 0 Å². The first kappa shape index (κ1) is 16.6. The van der Waals surface area contributed by atoms with Crippen LogP contribution < -0.4 is 0 Å². The highest BCUT2D eigenvalue weighted by Gasteiger charge is 2.33. The van der Waals surface area contributed by atoms with Gasteiger partial charge in [-0.1, -0.05) is 18.3 Å². The number of likely N-dealkylation sites (N-methyl/N-ethyl adjacent to an activating group) is 1. The Morgan fingerprint density at radius 1 is 1.24 bits per heavy atom. The molecule has 0 aromatic carbocycles. The van der Waals surface area contributed by atoms with Gasteiger partial charge < -0.3 is 14.4 Å². The summed E-state index contributed by atoms with van der Waals surface area (Å²) in [6.07, 6.45) is 0. The van der Waals surface area contributed by atoms with Gasteiger partial charge in [-0.15, -0.1) is 5.10 Å². The van der Waals surface area contributed by atoms with Crippen LogP contribution in [-0.4, -0.2) is 62.2 Å². The van der Waals surface area contributed by atoms with Crippen molar-refractivity contribution in [3.05, 3.63) is 34.4 Å². The molecule has 134 valence electrons. The predicted molar refractivity (Wildman–Crippen MR) is 96.2 cm³/mol. The molecule has 0 bridgehead atoms. The van der Waals surface area contributed by atoms with Crippen molar-refractivity contribution in [3.8, 4) is 5.88 Å². The van der Waals surface area contributed by atoms with E-state index in [1.165, 1.54) is 15.9 Å². The Hall–Kier alpha value is -1.90. The van der Waals surface area contributed by atoms with E-state index in [4.69, 9.17) is 4.42 Å². The van der Waals surface area contributed by atoms with Crippen LogP contribution in [0.5, 0.6) is 5.88 Å². The van der Waals surface area contributed by atoms with Crippen LogP contribution in [0.15, 0.2) is 16.5 Å². The largest absolute Gasteiger partial charge is 0.492 e. The lowest BCUT2D eigenvalue weighted by molar-refractivity contribution is 0.104. The fourth-order valence-corrected chi connectivity index (χ4v) is 4.58. The van der Waals surface area contributed by atoms with E-state index in [2.05, 4.69) is 26.8 Å². The monoisotopic (exact) mass is 361 g/mol. The molecule has 3 aromatic heterocycles. The highest BCUT2D eigenvalue weighted by molar-refractivity contribution is 7.17. The lowest BCUT2D eigenvalue weighted by atomic mass is 10.1. The van der Waals surface area contributed by atoms with Crippen molar-refractivity contribution >= 4 is 16.3 Å². The molecule has 0 amide bonds. The molecule has 1 atom stereocenters. The van der Waals surface area contributed by atoms with Crippen LogP contribution in [0, 0.1) is 13.8 Å². The smallest absolute Gasteiger partial charge is 0.230 e. The van der Waals surface area contributed by atoms with Crippen LogP contribution in [0.25, 0.3) is 4.96 Å². The summed E-state index contributed by atoms with van der Waals surface area (Å²) in [5.41, 5.74) is 0. The number of rotatable bonds is 4. The average molecular weight is 361 g/mol. The summed E-state index contributed by atoms with van der Waals surface area (Å²) in [7, 11) is 0. The minimum absolute atomic E-state index is 0.110. The molecule has 1 aliphatic heterocycles. The summed E-state index contributed by atoms with van der Waals surface area (Å²) in [4.78, 5) is 10.8. The Morgan fingerprint density at radius 3 is 2.60 bits per heavy atom. The van der Waals surface area contributed by atoms with E-state index in [-0.39, 0.29) is 11.9 Å². The van der Waals surface area contributed by atoms with Crippen LogP contribution in [0.2, 0.25) is 0 Å². The Labute approximate surface area is 150 Å². The molecule has 0 aliphatic carbocycles. The normalized spacial score (nSPS) is 18.2. The second-order valence-electron chi connectivity index (χ2n) is 6.46. The van der Waals surface area contributed by atoms with Crippen molar-refractivity contribution in [1.29, 1.82) is 0 Å². The quantitative estimate of drug-likeness (QED) is 0.770. The fourth-order valence-electron chi connectivity index (χ4n) is 3.44. The van der Waals surface area contributed by atoms with Gasteiger partial charge in [0, 0.05) is 26.2 Å². The molecule has 0 radical (unpaired) electrons. The molecule has 0 saturated carbocycles. The average Bonchev–Trinajstić information content (AvgIpc) is 3.26. The Bertz CT molecular complexity index is 875. The van der Waals surface area contributed by atoms with Crippen LogP contribution in [-0.2, 0) is 0 Å². The van der Waals surface area contributed by atoms with Gasteiger partial charge in [0.25, 0.3) is 0 Å². The van der Waals surface area contributed by atoms with Crippen molar-refractivity contribution in [3.63, 3.8) is 0 Å². The van der Waals surface area contributed by atoms with Gasteiger partial charge in [0.15, 0.2) is 0 Å². The van der Waals surface area contributed by atoms with Gasteiger partial charge >= 0.3 is 0 Å². The van der Waals surface area contributed by atoms with Crippen molar-refractivity contribution < 1.29 is 9.52 Å². The number of aromatic nitrogens is 3. The molecule has 4 heterocycles. The summed E-state index contributed by atoms with van der Waals surface area (Å²) < 4.78 is 7.48. The third kappa shape index (κ3) is 2.94. The molecule has 7 nitrogen and oxygen atoms in total. The van der Waals surface area contributed by atoms with Gasteiger partial charge in [0.05, 0.1) is 4.88 Å². The molecule has 1 unspecified atom stereocenters. The number of furan rings is 1. The number of piperazine rings is 1. The number of hydrogen-bond acceptors (Lipinski definition) is 7. The Morgan fingerprint density at radius 2 is 2.00 bits per heavy atom. The second-order valence-corrected chi connectivity index (χ2v) is 7.47. The zero-order valence-electron chi connectivity index (χ0n) is 14.8. The third-order valence-corrected chi connectivity index (χ3v) is 5.88. The Balaban J connectivity index is 1.74. The molecule has 25 heavy (non-hydrogen) atoms. The number of hydrogen-bond donors (Lipinski definition) is 1. The molecule has 3 aromatic rings. The molecule has 1 saturated heterocycles. The number of aryl methyl sites for hydroxylation is 2. The fraction of sp³-hybridized carbons (Fsp3) is 0.529. The summed E-state index contributed by atoms with van der Waals surface area (Å²) >= 11 is 1.48. The van der Waals surface area contributed by atoms with Gasteiger partial charge in [0.1, 0.15) is 23.4 Å². The summed E-state index contributed by atoms with van der Waals surface area (Å²) in [6.45, 7) is 10.9. The van der Waals surface area contributed by atoms with Gasteiger partial charge in [-0.3, -0.25) is 4.90 Å². The Kier molecular flexibility index (Phi) is 4.26. The minimum atomic E-state index is -0.110. The zero-order valence-corrected chi connectivity index (χ0v) is 15.6. The van der Waals surface area contributed by atoms with Crippen LogP contribution in [0.3, 0.4) is 0 Å². The predicted octanol–water partition coefficient (Wildman–Crippen LogP) is 2.43. The van der Waals surface area contributed by atoms with Gasteiger partial charge in [-0.05, 0) is 32.5 Å². The first-order valence-electron chi connectivity index (χ1n) is 8.64. The lowest BCUT2D eigenvalue weighted by Gasteiger charge is -2.37. The SMILES string of the molecule is CCN1CCN(C(c2ccc(C)o2)c2sc3nc(C)nn3c2O)CC1. The van der Waals surface area contributed by atoms with E-state index in [0.29, 0.717) is 10.8 Å². The summed E-state index contributed by atoms with van der Waals surface area (Å²) in [5, 5.41) is 15.1. The van der Waals surface area contributed by atoms with E-state index in [1.807, 2.05) is 26.0 Å². The van der Waals surface area contributed by atoms with Crippen LogP contribution >= 0.6 is 11.3 Å². The first-order chi connectivity index (χ1) is 12.1. The molecule has 0 spiro atoms. The van der Waals surface area contributed by atoms with Crippen molar-refractivity contribution in [1.82, 2.24) is 24.4 Å². The van der Waals surface area contributed by atoms with Gasteiger partial charge in [-0.2, -0.15) is 4.52 Å². The summed E-state index contributed by atoms with van der Waals surface area (Å²) in [6, 6.07) is 3.87. The summed E-state index contributed by atoms with van der Waals surface area (Å²) in [5.74, 6) is 2.56.